The maximum absolute atomic E-state index is 13.7. The Morgan fingerprint density at radius 3 is 2.83 bits per heavy atom. The van der Waals surface area contributed by atoms with E-state index in [0.29, 0.717) is 16.8 Å². The van der Waals surface area contributed by atoms with Crippen molar-refractivity contribution in [3.63, 3.8) is 0 Å². The highest BCUT2D eigenvalue weighted by atomic mass is 32.2. The number of nitrogens with zero attached hydrogens (tertiary/aromatic N) is 3. The van der Waals surface area contributed by atoms with Crippen molar-refractivity contribution in [3.8, 4) is 22.8 Å². The van der Waals surface area contributed by atoms with Gasteiger partial charge in [-0.1, -0.05) is 0 Å². The van der Waals surface area contributed by atoms with Crippen LogP contribution in [0.3, 0.4) is 0 Å². The normalized spacial score (nSPS) is 16.1. The Hall–Kier alpha value is -3.21. The molecular weight excluding hydrogens is 403 g/mol. The van der Waals surface area contributed by atoms with Gasteiger partial charge in [0.2, 0.25) is 5.91 Å². The van der Waals surface area contributed by atoms with Gasteiger partial charge in [-0.25, -0.2) is 18.4 Å². The van der Waals surface area contributed by atoms with Gasteiger partial charge in [0.1, 0.15) is 11.5 Å². The molecule has 0 fully saturated rings. The summed E-state index contributed by atoms with van der Waals surface area (Å²) in [7, 11) is -1.91. The highest BCUT2D eigenvalue weighted by molar-refractivity contribution is 7.90. The molecule has 4 heterocycles. The molecule has 1 unspecified atom stereocenters. The van der Waals surface area contributed by atoms with Gasteiger partial charge in [-0.3, -0.25) is 4.79 Å². The number of aryl methyl sites for hydroxylation is 1. The summed E-state index contributed by atoms with van der Waals surface area (Å²) in [6.07, 6.45) is 2.59. The number of anilines is 1. The lowest BCUT2D eigenvalue weighted by Gasteiger charge is -2.23. The summed E-state index contributed by atoms with van der Waals surface area (Å²) in [4.78, 5) is 19.8. The second-order valence-electron chi connectivity index (χ2n) is 6.67. The van der Waals surface area contributed by atoms with Crippen LogP contribution >= 0.6 is 0 Å². The Bertz CT molecular complexity index is 1250. The molecule has 0 saturated carbocycles. The number of carbonyl (C=O) groups is 1. The van der Waals surface area contributed by atoms with E-state index in [9.17, 15) is 17.6 Å². The first kappa shape index (κ1) is 19.1. The van der Waals surface area contributed by atoms with Gasteiger partial charge in [0.05, 0.1) is 11.7 Å². The van der Waals surface area contributed by atoms with Crippen LogP contribution in [0.25, 0.3) is 22.2 Å². The molecule has 11 heteroatoms. The molecule has 0 aromatic carbocycles. The SMILES string of the molecule is CC(=O)Nc1cc2c(-c3nc(S(C)(=O)=O)cc4c3OCC(F)O4)cn(C)c2cn1. The van der Waals surface area contributed by atoms with Gasteiger partial charge in [-0.2, -0.15) is 4.39 Å². The van der Waals surface area contributed by atoms with Crippen LogP contribution < -0.4 is 14.8 Å². The molecule has 0 spiro atoms. The molecule has 1 aliphatic heterocycles. The van der Waals surface area contributed by atoms with Gasteiger partial charge in [-0.05, 0) is 6.07 Å². The molecule has 1 aliphatic rings. The maximum atomic E-state index is 13.7. The zero-order valence-electron chi connectivity index (χ0n) is 15.8. The Balaban J connectivity index is 2.00. The van der Waals surface area contributed by atoms with Crippen molar-refractivity contribution in [1.29, 1.82) is 0 Å². The van der Waals surface area contributed by atoms with Crippen molar-refractivity contribution in [2.45, 2.75) is 18.3 Å². The molecule has 29 heavy (non-hydrogen) atoms. The van der Waals surface area contributed by atoms with E-state index in [1.807, 2.05) is 0 Å². The predicted octanol–water partition coefficient (Wildman–Crippen LogP) is 2.06. The summed E-state index contributed by atoms with van der Waals surface area (Å²) in [5.41, 5.74) is 1.44. The Kier molecular flexibility index (Phi) is 4.41. The molecule has 0 aliphatic carbocycles. The first-order valence-corrected chi connectivity index (χ1v) is 10.4. The number of alkyl halides is 1. The quantitative estimate of drug-likeness (QED) is 0.690. The second kappa shape index (κ2) is 6.69. The molecule has 0 saturated heterocycles. The fourth-order valence-electron chi connectivity index (χ4n) is 3.12. The highest BCUT2D eigenvalue weighted by Gasteiger charge is 2.29. The molecule has 152 valence electrons. The third-order valence-corrected chi connectivity index (χ3v) is 5.31. The predicted molar refractivity (Wildman–Crippen MR) is 102 cm³/mol. The Morgan fingerprint density at radius 2 is 2.14 bits per heavy atom. The number of pyridine rings is 2. The molecule has 1 amide bonds. The van der Waals surface area contributed by atoms with Gasteiger partial charge in [-0.15, -0.1) is 0 Å². The van der Waals surface area contributed by atoms with E-state index in [1.54, 1.807) is 30.1 Å². The Labute approximate surface area is 165 Å². The highest BCUT2D eigenvalue weighted by Crippen LogP contribution is 2.43. The van der Waals surface area contributed by atoms with Crippen molar-refractivity contribution >= 4 is 32.5 Å². The molecule has 3 aromatic rings. The number of sulfone groups is 1. The number of hydrogen-bond donors (Lipinski definition) is 1. The minimum atomic E-state index is -3.70. The van der Waals surface area contributed by atoms with Crippen LogP contribution in [0.4, 0.5) is 10.2 Å². The molecule has 1 N–H and O–H groups in total. The molecule has 1 atom stereocenters. The number of fused-ring (bicyclic) bond motifs is 2. The number of halogens is 1. The van der Waals surface area contributed by atoms with E-state index in [1.165, 1.54) is 6.92 Å². The van der Waals surface area contributed by atoms with Crippen molar-refractivity contribution in [1.82, 2.24) is 14.5 Å². The summed E-state index contributed by atoms with van der Waals surface area (Å²) in [5, 5.41) is 2.99. The van der Waals surface area contributed by atoms with Crippen molar-refractivity contribution < 1.29 is 27.1 Å². The van der Waals surface area contributed by atoms with E-state index in [0.717, 1.165) is 17.8 Å². The van der Waals surface area contributed by atoms with E-state index in [2.05, 4.69) is 15.3 Å². The lowest BCUT2D eigenvalue weighted by molar-refractivity contribution is -0.114. The Morgan fingerprint density at radius 1 is 1.38 bits per heavy atom. The molecule has 4 rings (SSSR count). The van der Waals surface area contributed by atoms with Gasteiger partial charge < -0.3 is 19.4 Å². The third kappa shape index (κ3) is 3.48. The maximum Gasteiger partial charge on any atom is 0.272 e. The average molecular weight is 420 g/mol. The van der Waals surface area contributed by atoms with Crippen molar-refractivity contribution in [3.05, 3.63) is 24.5 Å². The summed E-state index contributed by atoms with van der Waals surface area (Å²) < 4.78 is 50.3. The zero-order valence-corrected chi connectivity index (χ0v) is 16.6. The lowest BCUT2D eigenvalue weighted by atomic mass is 10.1. The fourth-order valence-corrected chi connectivity index (χ4v) is 3.70. The van der Waals surface area contributed by atoms with Crippen LogP contribution in [0.1, 0.15) is 6.92 Å². The third-order valence-electron chi connectivity index (χ3n) is 4.34. The molecule has 0 bridgehead atoms. The van der Waals surface area contributed by atoms with Crippen LogP contribution in [-0.4, -0.2) is 48.1 Å². The fraction of sp³-hybridized carbons (Fsp3) is 0.278. The lowest BCUT2D eigenvalue weighted by Crippen LogP contribution is -2.25. The first-order valence-electron chi connectivity index (χ1n) is 8.55. The van der Waals surface area contributed by atoms with Gasteiger partial charge in [0.25, 0.3) is 6.36 Å². The van der Waals surface area contributed by atoms with E-state index >= 15 is 0 Å². The molecule has 0 radical (unpaired) electrons. The first-order chi connectivity index (χ1) is 13.6. The zero-order chi connectivity index (χ0) is 20.9. The molecular formula is C18H17FN4O5S. The number of nitrogens with one attached hydrogen (secondary N) is 1. The standard InChI is InChI=1S/C18H17FN4O5S/c1-9(24)21-15-4-10-11(7-23(2)12(10)6-20-15)17-18-13(28-14(19)8-27-18)5-16(22-17)29(3,25)26/h4-7,14H,8H2,1-3H3,(H,20,21,24). The van der Waals surface area contributed by atoms with Gasteiger partial charge >= 0.3 is 0 Å². The van der Waals surface area contributed by atoms with E-state index in [4.69, 9.17) is 9.47 Å². The van der Waals surface area contributed by atoms with E-state index < -0.39 is 16.2 Å². The minimum Gasteiger partial charge on any atom is -0.481 e. The average Bonchev–Trinajstić information content (AvgIpc) is 2.95. The number of amides is 1. The number of carbonyl (C=O) groups excluding carboxylic acids is 1. The minimum absolute atomic E-state index is 0.0395. The van der Waals surface area contributed by atoms with Crippen LogP contribution in [0, 0.1) is 0 Å². The van der Waals surface area contributed by atoms with Gasteiger partial charge in [0.15, 0.2) is 33.0 Å². The summed E-state index contributed by atoms with van der Waals surface area (Å²) in [6.45, 7) is 1.02. The number of aromatic nitrogens is 3. The van der Waals surface area contributed by atoms with Crippen LogP contribution in [-0.2, 0) is 21.7 Å². The van der Waals surface area contributed by atoms with Crippen molar-refractivity contribution in [2.24, 2.45) is 7.05 Å². The topological polar surface area (TPSA) is 112 Å². The van der Waals surface area contributed by atoms with Crippen LogP contribution in [0.2, 0.25) is 0 Å². The summed E-state index contributed by atoms with van der Waals surface area (Å²) in [6, 6.07) is 2.80. The van der Waals surface area contributed by atoms with Gasteiger partial charge in [0, 0.05) is 43.4 Å². The van der Waals surface area contributed by atoms with Crippen LogP contribution in [0.15, 0.2) is 29.6 Å². The molecule has 9 nitrogen and oxygen atoms in total. The number of hydrogen-bond acceptors (Lipinski definition) is 7. The summed E-state index contributed by atoms with van der Waals surface area (Å²) in [5.74, 6) is 0.153. The smallest absolute Gasteiger partial charge is 0.272 e. The number of rotatable bonds is 3. The monoisotopic (exact) mass is 420 g/mol. The largest absolute Gasteiger partial charge is 0.481 e. The van der Waals surface area contributed by atoms with Crippen molar-refractivity contribution in [2.75, 3.05) is 18.2 Å². The molecule has 3 aromatic heterocycles. The summed E-state index contributed by atoms with van der Waals surface area (Å²) >= 11 is 0. The second-order valence-corrected chi connectivity index (χ2v) is 8.63. The van der Waals surface area contributed by atoms with Crippen LogP contribution in [0.5, 0.6) is 11.5 Å². The number of ether oxygens (including phenoxy) is 2. The van der Waals surface area contributed by atoms with E-state index in [-0.39, 0.29) is 34.7 Å².